The van der Waals surface area contributed by atoms with Gasteiger partial charge in [-0.2, -0.15) is 0 Å². The Balaban J connectivity index is 1.63. The molecule has 2 heterocycles. The highest BCUT2D eigenvalue weighted by Gasteiger charge is 2.29. The first-order valence-electron chi connectivity index (χ1n) is 11.4. The predicted molar refractivity (Wildman–Crippen MR) is 133 cm³/mol. The third kappa shape index (κ3) is 5.36. The molecule has 2 atom stereocenters. The van der Waals surface area contributed by atoms with E-state index in [1.807, 2.05) is 64.9 Å². The summed E-state index contributed by atoms with van der Waals surface area (Å²) < 4.78 is 7.58. The summed E-state index contributed by atoms with van der Waals surface area (Å²) in [7, 11) is 0. The first-order chi connectivity index (χ1) is 16.0. The largest absolute Gasteiger partial charge is 0.494 e. The molecule has 1 aromatic heterocycles. The minimum Gasteiger partial charge on any atom is -0.494 e. The number of likely N-dealkylation sites (tertiary alicyclic amines) is 1. The van der Waals surface area contributed by atoms with Crippen LogP contribution in [0.25, 0.3) is 17.1 Å². The first-order valence-corrected chi connectivity index (χ1v) is 12.7. The van der Waals surface area contributed by atoms with Gasteiger partial charge in [-0.3, -0.25) is 9.36 Å². The molecule has 0 bridgehead atoms. The normalized spacial score (nSPS) is 18.4. The summed E-state index contributed by atoms with van der Waals surface area (Å²) in [6.07, 6.45) is 3.30. The topological polar surface area (TPSA) is 60.2 Å². The maximum atomic E-state index is 13.1. The van der Waals surface area contributed by atoms with Crippen LogP contribution in [0.2, 0.25) is 5.02 Å². The maximum absolute atomic E-state index is 13.1. The van der Waals surface area contributed by atoms with E-state index in [4.69, 9.17) is 16.3 Å². The lowest BCUT2D eigenvalue weighted by Gasteiger charge is -2.39. The van der Waals surface area contributed by atoms with E-state index < -0.39 is 0 Å². The summed E-state index contributed by atoms with van der Waals surface area (Å²) in [5, 5.41) is 10.2. The fourth-order valence-corrected chi connectivity index (χ4v) is 5.30. The lowest BCUT2D eigenvalue weighted by molar-refractivity contribution is -0.134. The molecule has 0 saturated carbocycles. The second-order valence-electron chi connectivity index (χ2n) is 8.29. The van der Waals surface area contributed by atoms with Crippen molar-refractivity contribution in [1.82, 2.24) is 19.7 Å². The van der Waals surface area contributed by atoms with Crippen molar-refractivity contribution in [3.05, 3.63) is 53.6 Å². The average Bonchev–Trinajstić information content (AvgIpc) is 3.23. The van der Waals surface area contributed by atoms with Crippen molar-refractivity contribution < 1.29 is 9.53 Å². The standard InChI is InChI=1S/C25H29ClN4O2S/c1-4-32-22-14-12-21(13-15-22)30-24(19-8-10-20(26)11-9-19)27-28-25(30)33-16-23(31)29-17(2)6-5-7-18(29)3/h8-15,17-18H,4-7,16H2,1-3H3/t17-,18-/m0/s1. The molecular weight excluding hydrogens is 456 g/mol. The number of aromatic nitrogens is 3. The van der Waals surface area contributed by atoms with Gasteiger partial charge in [-0.15, -0.1) is 10.2 Å². The van der Waals surface area contributed by atoms with E-state index in [1.54, 1.807) is 0 Å². The van der Waals surface area contributed by atoms with E-state index >= 15 is 0 Å². The molecule has 2 aromatic carbocycles. The molecule has 0 N–H and O–H groups in total. The monoisotopic (exact) mass is 484 g/mol. The molecule has 1 aliphatic heterocycles. The summed E-state index contributed by atoms with van der Waals surface area (Å²) in [5.74, 6) is 1.98. The summed E-state index contributed by atoms with van der Waals surface area (Å²) in [6, 6.07) is 15.9. The van der Waals surface area contributed by atoms with Crippen LogP contribution in [0.15, 0.2) is 53.7 Å². The number of carbonyl (C=O) groups excluding carboxylic acids is 1. The van der Waals surface area contributed by atoms with Crippen LogP contribution < -0.4 is 4.74 Å². The molecule has 0 aliphatic carbocycles. The van der Waals surface area contributed by atoms with Crippen LogP contribution in [0.1, 0.15) is 40.0 Å². The van der Waals surface area contributed by atoms with Crippen molar-refractivity contribution in [1.29, 1.82) is 0 Å². The van der Waals surface area contributed by atoms with Crippen LogP contribution in [0.3, 0.4) is 0 Å². The van der Waals surface area contributed by atoms with Crippen molar-refractivity contribution in [3.8, 4) is 22.8 Å². The Bertz CT molecular complexity index is 1070. The van der Waals surface area contributed by atoms with Gasteiger partial charge in [0.25, 0.3) is 0 Å². The third-order valence-electron chi connectivity index (χ3n) is 5.95. The Morgan fingerprint density at radius 1 is 1.06 bits per heavy atom. The van der Waals surface area contributed by atoms with Gasteiger partial charge in [0.15, 0.2) is 11.0 Å². The number of benzene rings is 2. The molecule has 1 fully saturated rings. The van der Waals surface area contributed by atoms with Crippen molar-refractivity contribution in [2.45, 2.75) is 57.3 Å². The highest BCUT2D eigenvalue weighted by Crippen LogP contribution is 2.31. The van der Waals surface area contributed by atoms with Crippen molar-refractivity contribution in [3.63, 3.8) is 0 Å². The summed E-state index contributed by atoms with van der Waals surface area (Å²) in [5.41, 5.74) is 1.81. The fraction of sp³-hybridized carbons (Fsp3) is 0.400. The van der Waals surface area contributed by atoms with Gasteiger partial charge < -0.3 is 9.64 Å². The molecule has 1 aliphatic rings. The minimum atomic E-state index is 0.147. The van der Waals surface area contributed by atoms with Crippen LogP contribution in [-0.2, 0) is 4.79 Å². The first kappa shape index (κ1) is 23.6. The molecule has 174 valence electrons. The number of rotatable bonds is 7. The zero-order valence-corrected chi connectivity index (χ0v) is 20.8. The number of hydrogen-bond donors (Lipinski definition) is 0. The molecule has 4 rings (SSSR count). The zero-order chi connectivity index (χ0) is 23.4. The molecule has 0 radical (unpaired) electrons. The molecule has 1 saturated heterocycles. The predicted octanol–water partition coefficient (Wildman–Crippen LogP) is 5.87. The molecule has 0 spiro atoms. The van der Waals surface area contributed by atoms with Gasteiger partial charge in [0.2, 0.25) is 5.91 Å². The molecule has 8 heteroatoms. The third-order valence-corrected chi connectivity index (χ3v) is 7.11. The SMILES string of the molecule is CCOc1ccc(-n2c(SCC(=O)N3[C@@H](C)CCC[C@@H]3C)nnc2-c2ccc(Cl)cc2)cc1. The maximum Gasteiger partial charge on any atom is 0.233 e. The average molecular weight is 485 g/mol. The van der Waals surface area contributed by atoms with Crippen molar-refractivity contribution in [2.75, 3.05) is 12.4 Å². The quantitative estimate of drug-likeness (QED) is 0.392. The smallest absolute Gasteiger partial charge is 0.233 e. The van der Waals surface area contributed by atoms with E-state index in [9.17, 15) is 4.79 Å². The van der Waals surface area contributed by atoms with Gasteiger partial charge in [0.05, 0.1) is 12.4 Å². The van der Waals surface area contributed by atoms with Gasteiger partial charge >= 0.3 is 0 Å². The number of carbonyl (C=O) groups is 1. The lowest BCUT2D eigenvalue weighted by atomic mass is 9.98. The Hall–Kier alpha value is -2.51. The summed E-state index contributed by atoms with van der Waals surface area (Å²) in [6.45, 7) is 6.85. The Morgan fingerprint density at radius 2 is 1.73 bits per heavy atom. The number of ether oxygens (including phenoxy) is 1. The van der Waals surface area contributed by atoms with E-state index in [0.29, 0.717) is 28.4 Å². The van der Waals surface area contributed by atoms with Crippen LogP contribution in [0.5, 0.6) is 5.75 Å². The number of hydrogen-bond acceptors (Lipinski definition) is 5. The van der Waals surface area contributed by atoms with Gasteiger partial charge in [-0.05, 0) is 88.6 Å². The molecular formula is C25H29ClN4O2S. The Labute approximate surface area is 204 Å². The van der Waals surface area contributed by atoms with Gasteiger partial charge in [0.1, 0.15) is 5.75 Å². The second-order valence-corrected chi connectivity index (χ2v) is 9.67. The second kappa shape index (κ2) is 10.6. The number of piperidine rings is 1. The number of amides is 1. The van der Waals surface area contributed by atoms with Crippen LogP contribution in [0.4, 0.5) is 0 Å². The van der Waals surface area contributed by atoms with Crippen LogP contribution >= 0.6 is 23.4 Å². The zero-order valence-electron chi connectivity index (χ0n) is 19.2. The molecule has 1 amide bonds. The van der Waals surface area contributed by atoms with E-state index in [2.05, 4.69) is 24.0 Å². The fourth-order valence-electron chi connectivity index (χ4n) is 4.35. The van der Waals surface area contributed by atoms with E-state index in [1.165, 1.54) is 18.2 Å². The lowest BCUT2D eigenvalue weighted by Crippen LogP contribution is -2.48. The molecule has 3 aromatic rings. The van der Waals surface area contributed by atoms with E-state index in [0.717, 1.165) is 29.8 Å². The summed E-state index contributed by atoms with van der Waals surface area (Å²) >= 11 is 7.51. The molecule has 33 heavy (non-hydrogen) atoms. The Morgan fingerprint density at radius 3 is 2.36 bits per heavy atom. The minimum absolute atomic E-state index is 0.147. The molecule has 6 nitrogen and oxygen atoms in total. The number of nitrogens with zero attached hydrogens (tertiary/aromatic N) is 4. The van der Waals surface area contributed by atoms with Gasteiger partial charge in [0, 0.05) is 28.4 Å². The van der Waals surface area contributed by atoms with Crippen LogP contribution in [-0.4, -0.2) is 50.0 Å². The van der Waals surface area contributed by atoms with Crippen molar-refractivity contribution >= 4 is 29.3 Å². The van der Waals surface area contributed by atoms with Crippen LogP contribution in [0, 0.1) is 0 Å². The Kier molecular flexibility index (Phi) is 7.60. The molecule has 0 unspecified atom stereocenters. The van der Waals surface area contributed by atoms with Gasteiger partial charge in [-0.1, -0.05) is 23.4 Å². The highest BCUT2D eigenvalue weighted by atomic mass is 35.5. The summed E-state index contributed by atoms with van der Waals surface area (Å²) in [4.78, 5) is 15.1. The number of halogens is 1. The van der Waals surface area contributed by atoms with Crippen molar-refractivity contribution in [2.24, 2.45) is 0 Å². The van der Waals surface area contributed by atoms with Gasteiger partial charge in [-0.25, -0.2) is 0 Å². The number of thioether (sulfide) groups is 1. The van der Waals surface area contributed by atoms with E-state index in [-0.39, 0.29) is 18.0 Å². The highest BCUT2D eigenvalue weighted by molar-refractivity contribution is 7.99.